The number of hydrogen-bond acceptors (Lipinski definition) is 3. The van der Waals surface area contributed by atoms with E-state index in [-0.39, 0.29) is 36.4 Å². The van der Waals surface area contributed by atoms with Crippen molar-refractivity contribution in [1.29, 1.82) is 0 Å². The molecule has 120 valence electrons. The highest BCUT2D eigenvalue weighted by Gasteiger charge is 2.07. The number of halogens is 1. The zero-order valence-corrected chi connectivity index (χ0v) is 16.0. The van der Waals surface area contributed by atoms with Gasteiger partial charge in [-0.2, -0.15) is 11.3 Å². The Kier molecular flexibility index (Phi) is 11.3. The standard InChI is InChI=1S/C14H24N4OS.HI/c1-4-6-16-13(19)9-18-14(15-3)17-8-11(2)12-5-7-20-10-12;/h5,7,10-11H,4,6,8-9H2,1-3H3,(H,16,19)(H2,15,17,18);1H. The van der Waals surface area contributed by atoms with Crippen LogP contribution in [0.4, 0.5) is 0 Å². The maximum atomic E-state index is 11.5. The molecule has 0 aliphatic rings. The van der Waals surface area contributed by atoms with Crippen molar-refractivity contribution in [1.82, 2.24) is 16.0 Å². The molecule has 0 fully saturated rings. The number of rotatable bonds is 7. The van der Waals surface area contributed by atoms with E-state index in [1.54, 1.807) is 18.4 Å². The number of thiophene rings is 1. The van der Waals surface area contributed by atoms with Gasteiger partial charge in [0.1, 0.15) is 0 Å². The van der Waals surface area contributed by atoms with Gasteiger partial charge in [-0.1, -0.05) is 13.8 Å². The summed E-state index contributed by atoms with van der Waals surface area (Å²) in [6, 6.07) is 2.13. The van der Waals surface area contributed by atoms with Gasteiger partial charge in [-0.15, -0.1) is 24.0 Å². The highest BCUT2D eigenvalue weighted by atomic mass is 127. The van der Waals surface area contributed by atoms with Gasteiger partial charge in [-0.05, 0) is 34.7 Å². The van der Waals surface area contributed by atoms with Crippen LogP contribution in [0.1, 0.15) is 31.7 Å². The molecule has 0 radical (unpaired) electrons. The van der Waals surface area contributed by atoms with Crippen molar-refractivity contribution in [2.45, 2.75) is 26.2 Å². The average Bonchev–Trinajstić information content (AvgIpc) is 2.99. The monoisotopic (exact) mass is 424 g/mol. The third kappa shape index (κ3) is 8.25. The lowest BCUT2D eigenvalue weighted by Crippen LogP contribution is -2.44. The second kappa shape index (κ2) is 11.8. The molecule has 21 heavy (non-hydrogen) atoms. The second-order valence-corrected chi connectivity index (χ2v) is 5.39. The smallest absolute Gasteiger partial charge is 0.239 e. The third-order valence-corrected chi connectivity index (χ3v) is 3.60. The molecule has 0 spiro atoms. The molecule has 1 aromatic rings. The number of amides is 1. The lowest BCUT2D eigenvalue weighted by atomic mass is 10.1. The summed E-state index contributed by atoms with van der Waals surface area (Å²) < 4.78 is 0. The average molecular weight is 424 g/mol. The maximum Gasteiger partial charge on any atom is 0.239 e. The molecule has 3 N–H and O–H groups in total. The highest BCUT2D eigenvalue weighted by Crippen LogP contribution is 2.16. The second-order valence-electron chi connectivity index (χ2n) is 4.61. The number of carbonyl (C=O) groups excluding carboxylic acids is 1. The molecule has 5 nitrogen and oxygen atoms in total. The molecule has 1 amide bonds. The molecule has 1 aromatic heterocycles. The van der Waals surface area contributed by atoms with E-state index in [1.165, 1.54) is 5.56 Å². The van der Waals surface area contributed by atoms with Gasteiger partial charge in [0.25, 0.3) is 0 Å². The van der Waals surface area contributed by atoms with Crippen molar-refractivity contribution in [2.75, 3.05) is 26.7 Å². The van der Waals surface area contributed by atoms with E-state index >= 15 is 0 Å². The Balaban J connectivity index is 0.00000400. The minimum atomic E-state index is -0.0133. The molecule has 0 bridgehead atoms. The first kappa shape index (κ1) is 20.2. The van der Waals surface area contributed by atoms with Crippen LogP contribution in [-0.2, 0) is 4.79 Å². The summed E-state index contributed by atoms with van der Waals surface area (Å²) in [4.78, 5) is 15.6. The Morgan fingerprint density at radius 3 is 2.71 bits per heavy atom. The van der Waals surface area contributed by atoms with Gasteiger partial charge in [-0.3, -0.25) is 9.79 Å². The fourth-order valence-corrected chi connectivity index (χ4v) is 2.42. The summed E-state index contributed by atoms with van der Waals surface area (Å²) in [5, 5.41) is 13.3. The van der Waals surface area contributed by atoms with E-state index in [2.05, 4.69) is 44.7 Å². The predicted octanol–water partition coefficient (Wildman–Crippen LogP) is 2.16. The summed E-state index contributed by atoms with van der Waals surface area (Å²) in [7, 11) is 1.70. The van der Waals surface area contributed by atoms with Crippen molar-refractivity contribution in [3.63, 3.8) is 0 Å². The van der Waals surface area contributed by atoms with Crippen molar-refractivity contribution < 1.29 is 4.79 Å². The number of aliphatic imine (C=N–C) groups is 1. The van der Waals surface area contributed by atoms with Crippen LogP contribution in [0.5, 0.6) is 0 Å². The molecule has 1 unspecified atom stereocenters. The molecule has 0 saturated carbocycles. The van der Waals surface area contributed by atoms with Crippen molar-refractivity contribution in [3.8, 4) is 0 Å². The largest absolute Gasteiger partial charge is 0.356 e. The number of guanidine groups is 1. The van der Waals surface area contributed by atoms with Crippen LogP contribution in [0.2, 0.25) is 0 Å². The molecule has 1 rings (SSSR count). The molecule has 0 aliphatic heterocycles. The van der Waals surface area contributed by atoms with Gasteiger partial charge >= 0.3 is 0 Å². The topological polar surface area (TPSA) is 65.5 Å². The Morgan fingerprint density at radius 1 is 1.38 bits per heavy atom. The zero-order chi connectivity index (χ0) is 14.8. The van der Waals surface area contributed by atoms with E-state index in [0.717, 1.165) is 13.0 Å². The molecule has 7 heteroatoms. The summed E-state index contributed by atoms with van der Waals surface area (Å²) in [6.45, 7) is 5.93. The molecule has 0 saturated heterocycles. The van der Waals surface area contributed by atoms with Crippen LogP contribution in [0.25, 0.3) is 0 Å². The Labute approximate surface area is 148 Å². The molecule has 1 heterocycles. The summed E-state index contributed by atoms with van der Waals surface area (Å²) >= 11 is 1.70. The van der Waals surface area contributed by atoms with Crippen LogP contribution < -0.4 is 16.0 Å². The Morgan fingerprint density at radius 2 is 2.14 bits per heavy atom. The van der Waals surface area contributed by atoms with Crippen LogP contribution >= 0.6 is 35.3 Å². The van der Waals surface area contributed by atoms with Crippen LogP contribution in [0.3, 0.4) is 0 Å². The molecule has 0 aromatic carbocycles. The van der Waals surface area contributed by atoms with Gasteiger partial charge in [0.05, 0.1) is 6.54 Å². The quantitative estimate of drug-likeness (QED) is 0.357. The summed E-state index contributed by atoms with van der Waals surface area (Å²) in [6.07, 6.45) is 0.941. The van der Waals surface area contributed by atoms with Crippen molar-refractivity contribution >= 4 is 47.2 Å². The molecule has 1 atom stereocenters. The van der Waals surface area contributed by atoms with Gasteiger partial charge in [-0.25, -0.2) is 0 Å². The van der Waals surface area contributed by atoms with Crippen LogP contribution in [0, 0.1) is 0 Å². The minimum Gasteiger partial charge on any atom is -0.356 e. The SMILES string of the molecule is CCCNC(=O)CNC(=NC)NCC(C)c1ccsc1.I. The van der Waals surface area contributed by atoms with Crippen LogP contribution in [-0.4, -0.2) is 38.5 Å². The molecular formula is C14H25IN4OS. The highest BCUT2D eigenvalue weighted by molar-refractivity contribution is 14.0. The Hall–Kier alpha value is -0.830. The third-order valence-electron chi connectivity index (χ3n) is 2.90. The minimum absolute atomic E-state index is 0. The van der Waals surface area contributed by atoms with Gasteiger partial charge < -0.3 is 16.0 Å². The van der Waals surface area contributed by atoms with E-state index < -0.39 is 0 Å². The lowest BCUT2D eigenvalue weighted by molar-refractivity contribution is -0.120. The van der Waals surface area contributed by atoms with E-state index in [1.807, 2.05) is 6.92 Å². The van der Waals surface area contributed by atoms with Gasteiger partial charge in [0, 0.05) is 20.1 Å². The van der Waals surface area contributed by atoms with E-state index in [4.69, 9.17) is 0 Å². The number of hydrogen-bond donors (Lipinski definition) is 3. The first-order valence-electron chi connectivity index (χ1n) is 6.90. The van der Waals surface area contributed by atoms with Crippen molar-refractivity contribution in [2.24, 2.45) is 4.99 Å². The van der Waals surface area contributed by atoms with Crippen LogP contribution in [0.15, 0.2) is 21.8 Å². The summed E-state index contributed by atoms with van der Waals surface area (Å²) in [5.74, 6) is 1.05. The Bertz CT molecular complexity index is 423. The van der Waals surface area contributed by atoms with Gasteiger partial charge in [0.15, 0.2) is 5.96 Å². The maximum absolute atomic E-state index is 11.5. The fraction of sp³-hybridized carbons (Fsp3) is 0.571. The predicted molar refractivity (Wildman–Crippen MR) is 101 cm³/mol. The van der Waals surface area contributed by atoms with E-state index in [9.17, 15) is 4.79 Å². The molecule has 0 aliphatic carbocycles. The zero-order valence-electron chi connectivity index (χ0n) is 12.8. The number of nitrogens with zero attached hydrogens (tertiary/aromatic N) is 1. The number of nitrogens with one attached hydrogen (secondary N) is 3. The van der Waals surface area contributed by atoms with Crippen molar-refractivity contribution in [3.05, 3.63) is 22.4 Å². The summed E-state index contributed by atoms with van der Waals surface area (Å²) in [5.41, 5.74) is 1.32. The van der Waals surface area contributed by atoms with E-state index in [0.29, 0.717) is 18.4 Å². The lowest BCUT2D eigenvalue weighted by Gasteiger charge is -2.15. The molecular weight excluding hydrogens is 399 g/mol. The first-order chi connectivity index (χ1) is 9.67. The first-order valence-corrected chi connectivity index (χ1v) is 7.85. The van der Waals surface area contributed by atoms with Gasteiger partial charge in [0.2, 0.25) is 5.91 Å². The normalized spacial score (nSPS) is 12.2. The fourth-order valence-electron chi connectivity index (χ4n) is 1.63. The number of carbonyl (C=O) groups is 1.